The van der Waals surface area contributed by atoms with E-state index >= 15 is 0 Å². The molecule has 1 aliphatic carbocycles. The summed E-state index contributed by atoms with van der Waals surface area (Å²) in [6, 6.07) is 7.87. The molecule has 1 amide bonds. The number of aliphatic carboxylic acids is 1. The van der Waals surface area contributed by atoms with E-state index in [2.05, 4.69) is 18.7 Å². The molecule has 0 spiro atoms. The first-order valence-corrected chi connectivity index (χ1v) is 7.88. The van der Waals surface area contributed by atoms with Crippen molar-refractivity contribution >= 4 is 24.5 Å². The van der Waals surface area contributed by atoms with Crippen LogP contribution in [0, 0.1) is 5.92 Å². The van der Waals surface area contributed by atoms with Crippen molar-refractivity contribution in [3.8, 4) is 0 Å². The molecule has 21 heavy (non-hydrogen) atoms. The third-order valence-corrected chi connectivity index (χ3v) is 4.55. The number of carboxylic acid groups (broad SMARTS) is 1. The standard InChI is InChI=1S/C16H21NO3S/c1-11(10-21)16(20)17(9-15(18)19)14-8-4-6-12-5-2-3-7-13(12)14/h2-3,5,7,11,14,21H,4,6,8-10H2,1H3,(H,18,19). The average Bonchev–Trinajstić information content (AvgIpc) is 2.50. The van der Waals surface area contributed by atoms with Gasteiger partial charge in [0.05, 0.1) is 6.04 Å². The van der Waals surface area contributed by atoms with Crippen molar-refractivity contribution in [2.75, 3.05) is 12.3 Å². The minimum Gasteiger partial charge on any atom is -0.480 e. The number of fused-ring (bicyclic) bond motifs is 1. The van der Waals surface area contributed by atoms with Gasteiger partial charge in [0, 0.05) is 11.7 Å². The number of hydrogen-bond donors (Lipinski definition) is 2. The Morgan fingerprint density at radius 2 is 2.14 bits per heavy atom. The van der Waals surface area contributed by atoms with E-state index in [0.29, 0.717) is 5.75 Å². The molecular weight excluding hydrogens is 286 g/mol. The monoisotopic (exact) mass is 307 g/mol. The van der Waals surface area contributed by atoms with Crippen LogP contribution < -0.4 is 0 Å². The predicted octanol–water partition coefficient (Wildman–Crippen LogP) is 2.54. The molecule has 0 saturated heterocycles. The van der Waals surface area contributed by atoms with Gasteiger partial charge >= 0.3 is 5.97 Å². The summed E-state index contributed by atoms with van der Waals surface area (Å²) in [5.41, 5.74) is 2.31. The number of carboxylic acids is 1. The number of thiol groups is 1. The lowest BCUT2D eigenvalue weighted by molar-refractivity contribution is -0.148. The van der Waals surface area contributed by atoms with E-state index in [9.17, 15) is 9.59 Å². The molecule has 0 saturated carbocycles. The zero-order valence-corrected chi connectivity index (χ0v) is 13.1. The lowest BCUT2D eigenvalue weighted by atomic mass is 9.86. The van der Waals surface area contributed by atoms with Gasteiger partial charge in [-0.1, -0.05) is 31.2 Å². The van der Waals surface area contributed by atoms with Gasteiger partial charge in [-0.05, 0) is 30.4 Å². The van der Waals surface area contributed by atoms with E-state index in [-0.39, 0.29) is 24.4 Å². The Bertz CT molecular complexity index is 532. The fourth-order valence-corrected chi connectivity index (χ4v) is 3.06. The summed E-state index contributed by atoms with van der Waals surface area (Å²) in [6.07, 6.45) is 2.78. The van der Waals surface area contributed by atoms with Crippen LogP contribution in [-0.4, -0.2) is 34.2 Å². The van der Waals surface area contributed by atoms with Crippen LogP contribution in [0.3, 0.4) is 0 Å². The van der Waals surface area contributed by atoms with Crippen LogP contribution >= 0.6 is 12.6 Å². The van der Waals surface area contributed by atoms with E-state index in [1.165, 1.54) is 10.5 Å². The van der Waals surface area contributed by atoms with Crippen LogP contribution in [-0.2, 0) is 16.0 Å². The van der Waals surface area contributed by atoms with Gasteiger partial charge in [-0.15, -0.1) is 0 Å². The molecule has 5 heteroatoms. The Kier molecular flexibility index (Phi) is 5.28. The fourth-order valence-electron chi connectivity index (χ4n) is 2.90. The highest BCUT2D eigenvalue weighted by Gasteiger charge is 2.32. The third kappa shape index (κ3) is 3.59. The summed E-state index contributed by atoms with van der Waals surface area (Å²) >= 11 is 4.16. The molecule has 2 unspecified atom stereocenters. The topological polar surface area (TPSA) is 57.6 Å². The number of nitrogens with zero attached hydrogens (tertiary/aromatic N) is 1. The molecule has 0 heterocycles. The van der Waals surface area contributed by atoms with Gasteiger partial charge in [0.2, 0.25) is 5.91 Å². The number of benzene rings is 1. The first-order chi connectivity index (χ1) is 10.0. The van der Waals surface area contributed by atoms with E-state index < -0.39 is 5.97 Å². The van der Waals surface area contributed by atoms with Gasteiger partial charge < -0.3 is 10.0 Å². The zero-order chi connectivity index (χ0) is 15.4. The molecule has 1 N–H and O–H groups in total. The molecule has 0 bridgehead atoms. The molecule has 1 aromatic rings. The molecule has 114 valence electrons. The van der Waals surface area contributed by atoms with Crippen LogP contribution in [0.1, 0.15) is 36.9 Å². The highest BCUT2D eigenvalue weighted by Crippen LogP contribution is 2.34. The molecule has 2 atom stereocenters. The average molecular weight is 307 g/mol. The van der Waals surface area contributed by atoms with Crippen molar-refractivity contribution in [2.45, 2.75) is 32.2 Å². The lowest BCUT2D eigenvalue weighted by Gasteiger charge is -2.36. The van der Waals surface area contributed by atoms with Crippen molar-refractivity contribution in [1.29, 1.82) is 0 Å². The first kappa shape index (κ1) is 15.9. The highest BCUT2D eigenvalue weighted by molar-refractivity contribution is 7.80. The summed E-state index contributed by atoms with van der Waals surface area (Å²) in [7, 11) is 0. The van der Waals surface area contributed by atoms with E-state index in [4.69, 9.17) is 5.11 Å². The maximum absolute atomic E-state index is 12.5. The molecule has 1 aliphatic rings. The molecule has 1 aromatic carbocycles. The van der Waals surface area contributed by atoms with Gasteiger partial charge in [-0.2, -0.15) is 12.6 Å². The summed E-state index contributed by atoms with van der Waals surface area (Å²) in [6.45, 7) is 1.54. The second kappa shape index (κ2) is 6.98. The molecule has 0 fully saturated rings. The van der Waals surface area contributed by atoms with Gasteiger partial charge in [0.15, 0.2) is 0 Å². The Morgan fingerprint density at radius 3 is 2.81 bits per heavy atom. The minimum absolute atomic E-state index is 0.130. The summed E-state index contributed by atoms with van der Waals surface area (Å²) in [5, 5.41) is 9.15. The number of rotatable bonds is 5. The SMILES string of the molecule is CC(CS)C(=O)N(CC(=O)O)C1CCCc2ccccc21. The maximum atomic E-state index is 12.5. The first-order valence-electron chi connectivity index (χ1n) is 7.25. The molecule has 0 aromatic heterocycles. The van der Waals surface area contributed by atoms with E-state index in [1.807, 2.05) is 18.2 Å². The second-order valence-corrected chi connectivity index (χ2v) is 5.92. The Hall–Kier alpha value is -1.49. The van der Waals surface area contributed by atoms with E-state index in [0.717, 1.165) is 24.8 Å². The molecule has 0 radical (unpaired) electrons. The van der Waals surface area contributed by atoms with Crippen LogP contribution in [0.2, 0.25) is 0 Å². The minimum atomic E-state index is -0.974. The molecular formula is C16H21NO3S. The number of hydrogen-bond acceptors (Lipinski definition) is 3. The molecule has 4 nitrogen and oxygen atoms in total. The van der Waals surface area contributed by atoms with Crippen molar-refractivity contribution in [1.82, 2.24) is 4.90 Å². The summed E-state index contributed by atoms with van der Waals surface area (Å²) < 4.78 is 0. The normalized spacial score (nSPS) is 18.7. The Morgan fingerprint density at radius 1 is 1.43 bits per heavy atom. The summed E-state index contributed by atoms with van der Waals surface area (Å²) in [4.78, 5) is 25.2. The van der Waals surface area contributed by atoms with Gasteiger partial charge in [0.25, 0.3) is 0 Å². The Balaban J connectivity index is 2.33. The maximum Gasteiger partial charge on any atom is 0.323 e. The van der Waals surface area contributed by atoms with Crippen LogP contribution in [0.15, 0.2) is 24.3 Å². The van der Waals surface area contributed by atoms with Crippen LogP contribution in [0.4, 0.5) is 0 Å². The van der Waals surface area contributed by atoms with Gasteiger partial charge in [-0.3, -0.25) is 9.59 Å². The molecule has 2 rings (SSSR count). The quantitative estimate of drug-likeness (QED) is 0.822. The second-order valence-electron chi connectivity index (χ2n) is 5.55. The number of amides is 1. The van der Waals surface area contributed by atoms with Gasteiger partial charge in [-0.25, -0.2) is 0 Å². The van der Waals surface area contributed by atoms with Crippen molar-refractivity contribution in [3.63, 3.8) is 0 Å². The Labute approximate surface area is 130 Å². The fraction of sp³-hybridized carbons (Fsp3) is 0.500. The zero-order valence-electron chi connectivity index (χ0n) is 12.2. The number of carbonyl (C=O) groups excluding carboxylic acids is 1. The number of aryl methyl sites for hydroxylation is 1. The van der Waals surface area contributed by atoms with Crippen molar-refractivity contribution in [2.24, 2.45) is 5.92 Å². The van der Waals surface area contributed by atoms with Crippen LogP contribution in [0.5, 0.6) is 0 Å². The van der Waals surface area contributed by atoms with E-state index in [1.54, 1.807) is 6.92 Å². The highest BCUT2D eigenvalue weighted by atomic mass is 32.1. The van der Waals surface area contributed by atoms with Crippen LogP contribution in [0.25, 0.3) is 0 Å². The number of carbonyl (C=O) groups is 2. The summed E-state index contributed by atoms with van der Waals surface area (Å²) in [5.74, 6) is -0.961. The van der Waals surface area contributed by atoms with Crippen molar-refractivity contribution < 1.29 is 14.7 Å². The smallest absolute Gasteiger partial charge is 0.323 e. The third-order valence-electron chi connectivity index (χ3n) is 4.00. The van der Waals surface area contributed by atoms with Gasteiger partial charge in [0.1, 0.15) is 6.54 Å². The predicted molar refractivity (Wildman–Crippen MR) is 84.5 cm³/mol. The largest absolute Gasteiger partial charge is 0.480 e. The molecule has 0 aliphatic heterocycles. The van der Waals surface area contributed by atoms with Crippen molar-refractivity contribution in [3.05, 3.63) is 35.4 Å². The lowest BCUT2D eigenvalue weighted by Crippen LogP contribution is -2.43.